The molecule has 19 heavy (non-hydrogen) atoms. The van der Waals surface area contributed by atoms with Crippen molar-refractivity contribution in [1.82, 2.24) is 10.3 Å². The van der Waals surface area contributed by atoms with Crippen molar-refractivity contribution in [3.8, 4) is 0 Å². The third-order valence-electron chi connectivity index (χ3n) is 3.84. The molecule has 1 aromatic heterocycles. The maximum Gasteiger partial charge on any atom is 0.251 e. The van der Waals surface area contributed by atoms with Crippen LogP contribution in [0.4, 0.5) is 0 Å². The minimum atomic E-state index is -0.0515. The van der Waals surface area contributed by atoms with Gasteiger partial charge in [-0.3, -0.25) is 4.79 Å². The molecule has 0 aromatic carbocycles. The van der Waals surface area contributed by atoms with Crippen molar-refractivity contribution >= 4 is 17.5 Å². The lowest BCUT2D eigenvalue weighted by Crippen LogP contribution is -2.26. The molecule has 1 atom stereocenters. The van der Waals surface area contributed by atoms with Gasteiger partial charge >= 0.3 is 0 Å². The monoisotopic (exact) mass is 280 g/mol. The summed E-state index contributed by atoms with van der Waals surface area (Å²) >= 11 is 5.96. The van der Waals surface area contributed by atoms with Crippen LogP contribution in [0.25, 0.3) is 0 Å². The topological polar surface area (TPSA) is 42.0 Å². The first kappa shape index (κ1) is 14.3. The Kier molecular flexibility index (Phi) is 4.14. The van der Waals surface area contributed by atoms with E-state index in [-0.39, 0.29) is 5.91 Å². The molecule has 1 aliphatic carbocycles. The average Bonchev–Trinajstić information content (AvgIpc) is 2.94. The number of carbonyl (C=O) groups is 1. The molecule has 1 aromatic rings. The van der Waals surface area contributed by atoms with Gasteiger partial charge in [-0.05, 0) is 36.3 Å². The van der Waals surface area contributed by atoms with Crippen molar-refractivity contribution in [3.05, 3.63) is 28.5 Å². The second-order valence-electron chi connectivity index (χ2n) is 6.02. The number of aryl methyl sites for hydroxylation is 1. The Morgan fingerprint density at radius 1 is 1.53 bits per heavy atom. The van der Waals surface area contributed by atoms with Crippen molar-refractivity contribution in [2.75, 3.05) is 6.54 Å². The average molecular weight is 281 g/mol. The Morgan fingerprint density at radius 2 is 2.21 bits per heavy atom. The first-order chi connectivity index (χ1) is 8.92. The molecule has 4 heteroatoms. The predicted octanol–water partition coefficient (Wildman–Crippen LogP) is 3.46. The van der Waals surface area contributed by atoms with Gasteiger partial charge in [-0.2, -0.15) is 0 Å². The summed E-state index contributed by atoms with van der Waals surface area (Å²) in [5.74, 6) is 0.549. The third-order valence-corrected chi connectivity index (χ3v) is 4.04. The van der Waals surface area contributed by atoms with Crippen LogP contribution in [0.3, 0.4) is 0 Å². The third kappa shape index (κ3) is 3.69. The number of halogens is 1. The number of nitrogens with zero attached hydrogens (tertiary/aromatic N) is 1. The number of aromatic nitrogens is 1. The Bertz CT molecular complexity index is 485. The lowest BCUT2D eigenvalue weighted by molar-refractivity contribution is 0.0950. The van der Waals surface area contributed by atoms with E-state index in [9.17, 15) is 4.79 Å². The highest BCUT2D eigenvalue weighted by molar-refractivity contribution is 6.29. The second kappa shape index (κ2) is 5.49. The molecule has 0 aliphatic heterocycles. The van der Waals surface area contributed by atoms with Gasteiger partial charge < -0.3 is 5.32 Å². The molecular weight excluding hydrogens is 260 g/mol. The van der Waals surface area contributed by atoms with Crippen LogP contribution < -0.4 is 5.32 Å². The number of pyridine rings is 1. The van der Waals surface area contributed by atoms with E-state index < -0.39 is 0 Å². The highest BCUT2D eigenvalue weighted by Gasteiger charge is 2.45. The van der Waals surface area contributed by atoms with E-state index in [4.69, 9.17) is 11.6 Å². The van der Waals surface area contributed by atoms with Crippen LogP contribution in [0.2, 0.25) is 5.15 Å². The van der Waals surface area contributed by atoms with Crippen LogP contribution in [0.15, 0.2) is 12.1 Å². The van der Waals surface area contributed by atoms with E-state index in [1.54, 1.807) is 6.07 Å². The van der Waals surface area contributed by atoms with Gasteiger partial charge in [0.1, 0.15) is 5.15 Å². The van der Waals surface area contributed by atoms with Crippen LogP contribution in [-0.2, 0) is 6.42 Å². The molecule has 1 aliphatic rings. The van der Waals surface area contributed by atoms with Gasteiger partial charge in [0, 0.05) is 17.8 Å². The van der Waals surface area contributed by atoms with Gasteiger partial charge in [-0.25, -0.2) is 4.98 Å². The Labute approximate surface area is 119 Å². The maximum absolute atomic E-state index is 12.1. The summed E-state index contributed by atoms with van der Waals surface area (Å²) in [4.78, 5) is 16.3. The van der Waals surface area contributed by atoms with Crippen LogP contribution in [0.5, 0.6) is 0 Å². The molecule has 1 amide bonds. The van der Waals surface area contributed by atoms with Gasteiger partial charge in [0.25, 0.3) is 5.91 Å². The molecule has 1 heterocycles. The van der Waals surface area contributed by atoms with Crippen molar-refractivity contribution in [3.63, 3.8) is 0 Å². The normalized spacial score (nSPS) is 20.1. The fraction of sp³-hybridized carbons (Fsp3) is 0.600. The van der Waals surface area contributed by atoms with Crippen LogP contribution >= 0.6 is 11.6 Å². The molecule has 1 saturated carbocycles. The SMILES string of the molecule is CCCc1cc(C(=O)NCC2CC2(C)C)cc(Cl)n1. The molecule has 1 N–H and O–H groups in total. The highest BCUT2D eigenvalue weighted by Crippen LogP contribution is 2.50. The Morgan fingerprint density at radius 3 is 2.79 bits per heavy atom. The van der Waals surface area contributed by atoms with E-state index >= 15 is 0 Å². The number of rotatable bonds is 5. The zero-order valence-corrected chi connectivity index (χ0v) is 12.5. The van der Waals surface area contributed by atoms with E-state index in [0.29, 0.717) is 22.0 Å². The maximum atomic E-state index is 12.1. The Hall–Kier alpha value is -1.09. The van der Waals surface area contributed by atoms with Gasteiger partial charge in [0.05, 0.1) is 0 Å². The van der Waals surface area contributed by atoms with Gasteiger partial charge in [-0.15, -0.1) is 0 Å². The molecule has 0 spiro atoms. The number of hydrogen-bond donors (Lipinski definition) is 1. The fourth-order valence-electron chi connectivity index (χ4n) is 2.31. The summed E-state index contributed by atoms with van der Waals surface area (Å²) in [5.41, 5.74) is 1.88. The number of carbonyl (C=O) groups excluding carboxylic acids is 1. The van der Waals surface area contributed by atoms with E-state index in [0.717, 1.165) is 25.1 Å². The molecule has 1 unspecified atom stereocenters. The molecule has 2 rings (SSSR count). The van der Waals surface area contributed by atoms with Crippen molar-refractivity contribution in [1.29, 1.82) is 0 Å². The number of nitrogens with one attached hydrogen (secondary N) is 1. The standard InChI is InChI=1S/C15H21ClN2O/c1-4-5-12-6-10(7-13(16)18-12)14(19)17-9-11-8-15(11,2)3/h6-7,11H,4-5,8-9H2,1-3H3,(H,17,19). The smallest absolute Gasteiger partial charge is 0.251 e. The summed E-state index contributed by atoms with van der Waals surface area (Å²) in [6.07, 6.45) is 3.02. The Balaban J connectivity index is 1.98. The van der Waals surface area contributed by atoms with Crippen molar-refractivity contribution in [2.24, 2.45) is 11.3 Å². The van der Waals surface area contributed by atoms with Crippen molar-refractivity contribution < 1.29 is 4.79 Å². The minimum Gasteiger partial charge on any atom is -0.352 e. The molecule has 104 valence electrons. The van der Waals surface area contributed by atoms with E-state index in [1.807, 2.05) is 6.07 Å². The first-order valence-corrected chi connectivity index (χ1v) is 7.25. The fourth-order valence-corrected chi connectivity index (χ4v) is 2.54. The van der Waals surface area contributed by atoms with E-state index in [1.165, 1.54) is 6.42 Å². The molecule has 0 saturated heterocycles. The van der Waals surface area contributed by atoms with Gasteiger partial charge in [0.15, 0.2) is 0 Å². The summed E-state index contributed by atoms with van der Waals surface area (Å²) in [6, 6.07) is 3.47. The predicted molar refractivity (Wildman–Crippen MR) is 77.5 cm³/mol. The number of hydrogen-bond acceptors (Lipinski definition) is 2. The largest absolute Gasteiger partial charge is 0.352 e. The second-order valence-corrected chi connectivity index (χ2v) is 6.41. The molecule has 1 fully saturated rings. The summed E-state index contributed by atoms with van der Waals surface area (Å²) in [5, 5.41) is 3.38. The van der Waals surface area contributed by atoms with Gasteiger partial charge in [-0.1, -0.05) is 38.8 Å². The van der Waals surface area contributed by atoms with Gasteiger partial charge in [0.2, 0.25) is 0 Å². The summed E-state index contributed by atoms with van der Waals surface area (Å²) in [7, 11) is 0. The van der Waals surface area contributed by atoms with Crippen LogP contribution in [0, 0.1) is 11.3 Å². The first-order valence-electron chi connectivity index (χ1n) is 6.87. The van der Waals surface area contributed by atoms with Crippen molar-refractivity contribution in [2.45, 2.75) is 40.0 Å². The van der Waals surface area contributed by atoms with E-state index in [2.05, 4.69) is 31.1 Å². The summed E-state index contributed by atoms with van der Waals surface area (Å²) in [6.45, 7) is 7.28. The lowest BCUT2D eigenvalue weighted by Gasteiger charge is -2.08. The van der Waals surface area contributed by atoms with Crippen LogP contribution in [0.1, 0.15) is 49.7 Å². The quantitative estimate of drug-likeness (QED) is 0.839. The lowest BCUT2D eigenvalue weighted by atomic mass is 10.1. The highest BCUT2D eigenvalue weighted by atomic mass is 35.5. The zero-order chi connectivity index (χ0) is 14.0. The molecule has 0 bridgehead atoms. The summed E-state index contributed by atoms with van der Waals surface area (Å²) < 4.78 is 0. The zero-order valence-electron chi connectivity index (χ0n) is 11.8. The minimum absolute atomic E-state index is 0.0515. The number of amides is 1. The molecular formula is C15H21ClN2O. The molecule has 0 radical (unpaired) electrons. The molecule has 3 nitrogen and oxygen atoms in total. The van der Waals surface area contributed by atoms with Crippen LogP contribution in [-0.4, -0.2) is 17.4 Å².